The Morgan fingerprint density at radius 3 is 0.433 bits per heavy atom. The van der Waals surface area contributed by atoms with Crippen LogP contribution in [-0.4, -0.2) is 0 Å². The Hall–Kier alpha value is -3.12. The maximum atomic E-state index is 2.27. The van der Waals surface area contributed by atoms with Crippen LogP contribution in [0.3, 0.4) is 0 Å². The molecule has 0 saturated carbocycles. The van der Waals surface area contributed by atoms with Crippen molar-refractivity contribution in [1.29, 1.82) is 0 Å². The van der Waals surface area contributed by atoms with E-state index in [-0.39, 0.29) is 0 Å². The summed E-state index contributed by atoms with van der Waals surface area (Å²) in [6, 6.07) is 27.3. The SMILES string of the molecule is CC.CC.CC.c1cc2ccc3ccc4ccc5ccc6ccc1c1c2c3c4c5c61. The summed E-state index contributed by atoms with van der Waals surface area (Å²) < 4.78 is 0. The summed E-state index contributed by atoms with van der Waals surface area (Å²) in [5.41, 5.74) is 0. The summed E-state index contributed by atoms with van der Waals surface area (Å²) in [4.78, 5) is 0. The Labute approximate surface area is 179 Å². The van der Waals surface area contributed by atoms with Gasteiger partial charge < -0.3 is 0 Å². The fourth-order valence-corrected chi connectivity index (χ4v) is 4.89. The predicted octanol–water partition coefficient (Wildman–Crippen LogP) is 10.00. The topological polar surface area (TPSA) is 0 Å². The van der Waals surface area contributed by atoms with Crippen LogP contribution in [0, 0.1) is 0 Å². The zero-order valence-corrected chi connectivity index (χ0v) is 18.9. The molecule has 0 atom stereocenters. The molecule has 0 aliphatic rings. The van der Waals surface area contributed by atoms with Crippen molar-refractivity contribution in [2.45, 2.75) is 41.5 Å². The first kappa shape index (κ1) is 20.2. The summed E-state index contributed by atoms with van der Waals surface area (Å²) in [7, 11) is 0. The van der Waals surface area contributed by atoms with E-state index in [1.165, 1.54) is 64.6 Å². The molecule has 0 fully saturated rings. The minimum atomic E-state index is 1.35. The first-order chi connectivity index (χ1) is 14.9. The van der Waals surface area contributed by atoms with Crippen molar-refractivity contribution in [1.82, 2.24) is 0 Å². The van der Waals surface area contributed by atoms with Crippen molar-refractivity contribution >= 4 is 64.6 Å². The smallest absolute Gasteiger partial charge is 0.00139 e. The van der Waals surface area contributed by atoms with E-state index in [0.717, 1.165) is 0 Å². The van der Waals surface area contributed by atoms with Crippen LogP contribution in [-0.2, 0) is 0 Å². The highest BCUT2D eigenvalue weighted by Crippen LogP contribution is 2.47. The lowest BCUT2D eigenvalue weighted by Crippen LogP contribution is -1.91. The van der Waals surface area contributed by atoms with E-state index < -0.39 is 0 Å². The molecule has 150 valence electrons. The molecule has 0 radical (unpaired) electrons. The van der Waals surface area contributed by atoms with Gasteiger partial charge in [0.25, 0.3) is 0 Å². The number of hydrogen-bond acceptors (Lipinski definition) is 0. The molecule has 7 aromatic carbocycles. The second-order valence-corrected chi connectivity index (χ2v) is 6.98. The highest BCUT2D eigenvalue weighted by atomic mass is 14.2. The van der Waals surface area contributed by atoms with Gasteiger partial charge in [0.05, 0.1) is 0 Å². The normalized spacial score (nSPS) is 11.0. The highest BCUT2D eigenvalue weighted by molar-refractivity contribution is 6.44. The van der Waals surface area contributed by atoms with E-state index in [1.54, 1.807) is 0 Å². The molecule has 7 rings (SSSR count). The molecule has 0 unspecified atom stereocenters. The van der Waals surface area contributed by atoms with Gasteiger partial charge in [0, 0.05) is 0 Å². The minimum Gasteiger partial charge on any atom is -0.0683 e. The quantitative estimate of drug-likeness (QED) is 0.178. The van der Waals surface area contributed by atoms with Gasteiger partial charge in [-0.3, -0.25) is 0 Å². The lowest BCUT2D eigenvalue weighted by atomic mass is 9.83. The van der Waals surface area contributed by atoms with Gasteiger partial charge in [-0.25, -0.2) is 0 Å². The Balaban J connectivity index is 0.000000337. The van der Waals surface area contributed by atoms with E-state index >= 15 is 0 Å². The molecule has 0 heteroatoms. The predicted molar refractivity (Wildman–Crippen MR) is 139 cm³/mol. The Morgan fingerprint density at radius 2 is 0.333 bits per heavy atom. The van der Waals surface area contributed by atoms with Crippen LogP contribution in [0.15, 0.2) is 72.8 Å². The molecule has 0 saturated heterocycles. The molecule has 30 heavy (non-hydrogen) atoms. The van der Waals surface area contributed by atoms with Gasteiger partial charge in [-0.15, -0.1) is 0 Å². The zero-order chi connectivity index (χ0) is 21.4. The van der Waals surface area contributed by atoms with Crippen molar-refractivity contribution in [2.24, 2.45) is 0 Å². The van der Waals surface area contributed by atoms with Gasteiger partial charge in [0.1, 0.15) is 0 Å². The van der Waals surface area contributed by atoms with E-state index in [4.69, 9.17) is 0 Å². The van der Waals surface area contributed by atoms with Crippen molar-refractivity contribution < 1.29 is 0 Å². The van der Waals surface area contributed by atoms with Gasteiger partial charge >= 0.3 is 0 Å². The fraction of sp³-hybridized carbons (Fsp3) is 0.200. The van der Waals surface area contributed by atoms with Crippen LogP contribution < -0.4 is 0 Å². The van der Waals surface area contributed by atoms with Crippen molar-refractivity contribution in [3.8, 4) is 0 Å². The lowest BCUT2D eigenvalue weighted by Gasteiger charge is -2.20. The van der Waals surface area contributed by atoms with Crippen molar-refractivity contribution in [2.75, 3.05) is 0 Å². The number of benzene rings is 7. The standard InChI is InChI=1S/C24H12.3C2H6/c1-2-14-5-6-16-9-11-18-12-10-17-8-7-15-4-3-13(1)19-20(14)22(16)24(18)23(17)21(15)19;3*1-2/h1-12H;3*1-2H3. The van der Waals surface area contributed by atoms with Crippen LogP contribution in [0.1, 0.15) is 41.5 Å². The molecule has 0 aliphatic heterocycles. The van der Waals surface area contributed by atoms with Crippen molar-refractivity contribution in [3.05, 3.63) is 72.8 Å². The first-order valence-electron chi connectivity index (χ1n) is 11.5. The van der Waals surface area contributed by atoms with Gasteiger partial charge in [-0.2, -0.15) is 0 Å². The number of rotatable bonds is 0. The Bertz CT molecular complexity index is 1140. The van der Waals surface area contributed by atoms with Crippen LogP contribution >= 0.6 is 0 Å². The molecule has 0 aliphatic carbocycles. The molecule has 0 bridgehead atoms. The van der Waals surface area contributed by atoms with E-state index in [0.29, 0.717) is 0 Å². The van der Waals surface area contributed by atoms with E-state index in [2.05, 4.69) is 72.8 Å². The summed E-state index contributed by atoms with van der Waals surface area (Å²) in [6.07, 6.45) is 0. The van der Waals surface area contributed by atoms with Crippen LogP contribution in [0.5, 0.6) is 0 Å². The molecular formula is C30H30. The molecule has 0 N–H and O–H groups in total. The van der Waals surface area contributed by atoms with Gasteiger partial charge in [-0.1, -0.05) is 114 Å². The maximum Gasteiger partial charge on any atom is -0.00139 e. The summed E-state index contributed by atoms with van der Waals surface area (Å²) in [6.45, 7) is 12.0. The van der Waals surface area contributed by atoms with Crippen LogP contribution in [0.25, 0.3) is 64.6 Å². The summed E-state index contributed by atoms with van der Waals surface area (Å²) in [5.74, 6) is 0. The number of hydrogen-bond donors (Lipinski definition) is 0. The molecule has 0 aromatic heterocycles. The van der Waals surface area contributed by atoms with Crippen LogP contribution in [0.2, 0.25) is 0 Å². The van der Waals surface area contributed by atoms with Crippen molar-refractivity contribution in [3.63, 3.8) is 0 Å². The second kappa shape index (κ2) is 7.95. The average molecular weight is 391 g/mol. The monoisotopic (exact) mass is 390 g/mol. The molecule has 0 amide bonds. The molecule has 0 nitrogen and oxygen atoms in total. The largest absolute Gasteiger partial charge is 0.0683 e. The fourth-order valence-electron chi connectivity index (χ4n) is 4.89. The lowest BCUT2D eigenvalue weighted by molar-refractivity contribution is 1.50. The zero-order valence-electron chi connectivity index (χ0n) is 18.9. The molecular weight excluding hydrogens is 360 g/mol. The van der Waals surface area contributed by atoms with E-state index in [1.807, 2.05) is 41.5 Å². The third-order valence-corrected chi connectivity index (χ3v) is 5.89. The summed E-state index contributed by atoms with van der Waals surface area (Å²) >= 11 is 0. The van der Waals surface area contributed by atoms with Gasteiger partial charge in [0.15, 0.2) is 0 Å². The summed E-state index contributed by atoms with van der Waals surface area (Å²) in [5, 5.41) is 16.7. The first-order valence-corrected chi connectivity index (χ1v) is 11.5. The van der Waals surface area contributed by atoms with Gasteiger partial charge in [0.2, 0.25) is 0 Å². The average Bonchev–Trinajstić information content (AvgIpc) is 2.86. The third kappa shape index (κ3) is 2.53. The minimum absolute atomic E-state index is 1.35. The second-order valence-electron chi connectivity index (χ2n) is 6.98. The third-order valence-electron chi connectivity index (χ3n) is 5.89. The molecule has 0 spiro atoms. The Morgan fingerprint density at radius 1 is 0.233 bits per heavy atom. The van der Waals surface area contributed by atoms with Crippen LogP contribution in [0.4, 0.5) is 0 Å². The van der Waals surface area contributed by atoms with E-state index in [9.17, 15) is 0 Å². The molecule has 7 aromatic rings. The maximum absolute atomic E-state index is 2.27. The molecule has 0 heterocycles. The Kier molecular flexibility index (Phi) is 5.35. The highest BCUT2D eigenvalue weighted by Gasteiger charge is 2.19. The van der Waals surface area contributed by atoms with Gasteiger partial charge in [-0.05, 0) is 64.6 Å².